The zero-order valence-electron chi connectivity index (χ0n) is 11.6. The first-order chi connectivity index (χ1) is 8.78. The van der Waals surface area contributed by atoms with E-state index in [9.17, 15) is 0 Å². The predicted molar refractivity (Wildman–Crippen MR) is 79.4 cm³/mol. The highest BCUT2D eigenvalue weighted by atomic mass is 35.5. The van der Waals surface area contributed by atoms with E-state index in [0.29, 0.717) is 0 Å². The lowest BCUT2D eigenvalue weighted by atomic mass is 9.98. The van der Waals surface area contributed by atoms with Crippen LogP contribution in [0.5, 0.6) is 11.5 Å². The molecule has 1 aromatic rings. The van der Waals surface area contributed by atoms with Crippen LogP contribution in [-0.2, 0) is 13.0 Å². The van der Waals surface area contributed by atoms with Gasteiger partial charge in [0.1, 0.15) is 0 Å². The maximum absolute atomic E-state index is 5.56. The summed E-state index contributed by atoms with van der Waals surface area (Å²) >= 11 is 0. The van der Waals surface area contributed by atoms with Gasteiger partial charge in [-0.25, -0.2) is 0 Å². The molecule has 1 aromatic carbocycles. The summed E-state index contributed by atoms with van der Waals surface area (Å²) < 4.78 is 10.7. The maximum Gasteiger partial charge on any atom is 0.161 e. The molecule has 108 valence electrons. The first-order valence-corrected chi connectivity index (χ1v) is 6.44. The average Bonchev–Trinajstić information content (AvgIpc) is 2.43. The Morgan fingerprint density at radius 1 is 1.16 bits per heavy atom. The van der Waals surface area contributed by atoms with Gasteiger partial charge in [0.25, 0.3) is 0 Å². The molecule has 19 heavy (non-hydrogen) atoms. The normalized spacial score (nSPS) is 14.5. The van der Waals surface area contributed by atoms with Gasteiger partial charge in [-0.2, -0.15) is 0 Å². The van der Waals surface area contributed by atoms with Gasteiger partial charge in [0.05, 0.1) is 14.2 Å². The van der Waals surface area contributed by atoms with Crippen LogP contribution in [-0.4, -0.2) is 38.8 Å². The summed E-state index contributed by atoms with van der Waals surface area (Å²) in [4.78, 5) is 2.45. The van der Waals surface area contributed by atoms with Gasteiger partial charge in [-0.3, -0.25) is 4.90 Å². The van der Waals surface area contributed by atoms with Gasteiger partial charge >= 0.3 is 0 Å². The second kappa shape index (κ2) is 7.58. The number of nitrogens with two attached hydrogens (primary N) is 1. The monoisotopic (exact) mass is 286 g/mol. The SMILES string of the molecule is COc1cc2c(cc1OC)CN(CCCN)CC2.Cl. The zero-order chi connectivity index (χ0) is 13.0. The highest BCUT2D eigenvalue weighted by Crippen LogP contribution is 2.33. The Labute approximate surface area is 121 Å². The van der Waals surface area contributed by atoms with E-state index in [0.717, 1.165) is 50.5 Å². The van der Waals surface area contributed by atoms with Crippen molar-refractivity contribution < 1.29 is 9.47 Å². The third-order valence-electron chi connectivity index (χ3n) is 3.48. The second-order valence-electron chi connectivity index (χ2n) is 4.64. The summed E-state index contributed by atoms with van der Waals surface area (Å²) in [5.41, 5.74) is 8.28. The van der Waals surface area contributed by atoms with Gasteiger partial charge in [0.15, 0.2) is 11.5 Å². The number of fused-ring (bicyclic) bond motifs is 1. The maximum atomic E-state index is 5.56. The van der Waals surface area contributed by atoms with E-state index in [1.165, 1.54) is 11.1 Å². The van der Waals surface area contributed by atoms with E-state index in [1.807, 2.05) is 0 Å². The molecule has 0 saturated carbocycles. The molecule has 4 nitrogen and oxygen atoms in total. The fourth-order valence-corrected chi connectivity index (χ4v) is 2.45. The molecule has 2 rings (SSSR count). The number of methoxy groups -OCH3 is 2. The van der Waals surface area contributed by atoms with E-state index in [2.05, 4.69) is 17.0 Å². The average molecular weight is 287 g/mol. The summed E-state index contributed by atoms with van der Waals surface area (Å²) in [6.45, 7) is 3.91. The van der Waals surface area contributed by atoms with Crippen LogP contribution in [0.3, 0.4) is 0 Å². The molecule has 0 saturated heterocycles. The van der Waals surface area contributed by atoms with Crippen LogP contribution in [0.15, 0.2) is 12.1 Å². The number of hydrogen-bond donors (Lipinski definition) is 1. The Kier molecular flexibility index (Phi) is 6.42. The fourth-order valence-electron chi connectivity index (χ4n) is 2.45. The molecule has 5 heteroatoms. The molecule has 1 heterocycles. The molecule has 0 radical (unpaired) electrons. The number of halogens is 1. The number of hydrogen-bond acceptors (Lipinski definition) is 4. The van der Waals surface area contributed by atoms with E-state index >= 15 is 0 Å². The molecule has 0 bridgehead atoms. The van der Waals surface area contributed by atoms with Crippen LogP contribution >= 0.6 is 12.4 Å². The second-order valence-corrected chi connectivity index (χ2v) is 4.64. The summed E-state index contributed by atoms with van der Waals surface area (Å²) in [7, 11) is 3.36. The third-order valence-corrected chi connectivity index (χ3v) is 3.48. The third kappa shape index (κ3) is 3.75. The molecular formula is C14H23ClN2O2. The molecule has 0 amide bonds. The first kappa shape index (κ1) is 16.1. The van der Waals surface area contributed by atoms with Crippen molar-refractivity contribution in [3.05, 3.63) is 23.3 Å². The van der Waals surface area contributed by atoms with Crippen molar-refractivity contribution >= 4 is 12.4 Å². The summed E-state index contributed by atoms with van der Waals surface area (Å²) in [6, 6.07) is 4.21. The van der Waals surface area contributed by atoms with Crippen molar-refractivity contribution in [1.29, 1.82) is 0 Å². The van der Waals surface area contributed by atoms with Crippen LogP contribution in [0, 0.1) is 0 Å². The smallest absolute Gasteiger partial charge is 0.161 e. The van der Waals surface area contributed by atoms with Crippen LogP contribution in [0.4, 0.5) is 0 Å². The molecule has 1 aliphatic rings. The number of nitrogens with zero attached hydrogens (tertiary/aromatic N) is 1. The molecule has 0 aliphatic carbocycles. The van der Waals surface area contributed by atoms with Crippen molar-refractivity contribution in [2.75, 3.05) is 33.9 Å². The predicted octanol–water partition coefficient (Wildman–Crippen LogP) is 1.83. The highest BCUT2D eigenvalue weighted by molar-refractivity contribution is 5.85. The quantitative estimate of drug-likeness (QED) is 0.897. The molecule has 0 atom stereocenters. The van der Waals surface area contributed by atoms with Gasteiger partial charge in [0, 0.05) is 13.1 Å². The van der Waals surface area contributed by atoms with Crippen LogP contribution in [0.1, 0.15) is 17.5 Å². The van der Waals surface area contributed by atoms with Gasteiger partial charge in [-0.1, -0.05) is 0 Å². The van der Waals surface area contributed by atoms with Crippen molar-refractivity contribution in [2.45, 2.75) is 19.4 Å². The molecular weight excluding hydrogens is 264 g/mol. The molecule has 2 N–H and O–H groups in total. The molecule has 0 unspecified atom stereocenters. The van der Waals surface area contributed by atoms with E-state index < -0.39 is 0 Å². The molecule has 0 spiro atoms. The standard InChI is InChI=1S/C14H22N2O2.ClH/c1-17-13-8-11-4-7-16(6-3-5-15)10-12(11)9-14(13)18-2;/h8-9H,3-7,10,15H2,1-2H3;1H. The lowest BCUT2D eigenvalue weighted by Crippen LogP contribution is -2.32. The largest absolute Gasteiger partial charge is 0.493 e. The van der Waals surface area contributed by atoms with Crippen molar-refractivity contribution in [2.24, 2.45) is 5.73 Å². The highest BCUT2D eigenvalue weighted by Gasteiger charge is 2.18. The fraction of sp³-hybridized carbons (Fsp3) is 0.571. The summed E-state index contributed by atoms with van der Waals surface area (Å²) in [5, 5.41) is 0. The number of ether oxygens (including phenoxy) is 2. The molecule has 0 fully saturated rings. The van der Waals surface area contributed by atoms with Crippen LogP contribution in [0.25, 0.3) is 0 Å². The van der Waals surface area contributed by atoms with E-state index in [1.54, 1.807) is 14.2 Å². The van der Waals surface area contributed by atoms with Gasteiger partial charge in [0.2, 0.25) is 0 Å². The van der Waals surface area contributed by atoms with Crippen LogP contribution in [0.2, 0.25) is 0 Å². The lowest BCUT2D eigenvalue weighted by Gasteiger charge is -2.29. The van der Waals surface area contributed by atoms with Crippen LogP contribution < -0.4 is 15.2 Å². The summed E-state index contributed by atoms with van der Waals surface area (Å²) in [5.74, 6) is 1.64. The number of benzene rings is 1. The van der Waals surface area contributed by atoms with Gasteiger partial charge < -0.3 is 15.2 Å². The Hall–Kier alpha value is -0.970. The van der Waals surface area contributed by atoms with E-state index in [-0.39, 0.29) is 12.4 Å². The lowest BCUT2D eigenvalue weighted by molar-refractivity contribution is 0.251. The Morgan fingerprint density at radius 3 is 2.37 bits per heavy atom. The first-order valence-electron chi connectivity index (χ1n) is 6.44. The van der Waals surface area contributed by atoms with Gasteiger partial charge in [-0.05, 0) is 49.2 Å². The van der Waals surface area contributed by atoms with Crippen molar-refractivity contribution in [3.63, 3.8) is 0 Å². The molecule has 0 aromatic heterocycles. The minimum Gasteiger partial charge on any atom is -0.493 e. The summed E-state index contributed by atoms with van der Waals surface area (Å²) in [6.07, 6.45) is 2.13. The Morgan fingerprint density at radius 2 is 1.79 bits per heavy atom. The Balaban J connectivity index is 0.00000180. The topological polar surface area (TPSA) is 47.7 Å². The van der Waals surface area contributed by atoms with Gasteiger partial charge in [-0.15, -0.1) is 12.4 Å². The number of rotatable bonds is 5. The van der Waals surface area contributed by atoms with Crippen molar-refractivity contribution in [1.82, 2.24) is 4.90 Å². The van der Waals surface area contributed by atoms with Crippen molar-refractivity contribution in [3.8, 4) is 11.5 Å². The minimum atomic E-state index is 0. The minimum absolute atomic E-state index is 0. The van der Waals surface area contributed by atoms with E-state index in [4.69, 9.17) is 15.2 Å². The zero-order valence-corrected chi connectivity index (χ0v) is 12.5. The Bertz CT molecular complexity index is 413. The molecule has 1 aliphatic heterocycles.